The molecule has 0 saturated heterocycles. The summed E-state index contributed by atoms with van der Waals surface area (Å²) in [5, 5.41) is 8.06. The first kappa shape index (κ1) is 20.6. The molecule has 0 saturated carbocycles. The van der Waals surface area contributed by atoms with E-state index in [4.69, 9.17) is 16.3 Å². The van der Waals surface area contributed by atoms with Crippen molar-refractivity contribution in [3.05, 3.63) is 81.1 Å². The Kier molecular flexibility index (Phi) is 6.03. The molecule has 1 aromatic heterocycles. The van der Waals surface area contributed by atoms with E-state index in [2.05, 4.69) is 10.4 Å². The van der Waals surface area contributed by atoms with Crippen molar-refractivity contribution in [2.45, 2.75) is 27.3 Å². The van der Waals surface area contributed by atoms with Crippen LogP contribution in [0.3, 0.4) is 0 Å². The topological polar surface area (TPSA) is 73.2 Å². The quantitative estimate of drug-likeness (QED) is 0.625. The molecule has 0 aliphatic rings. The Morgan fingerprint density at radius 1 is 1.14 bits per heavy atom. The third-order valence-electron chi connectivity index (χ3n) is 4.79. The number of halogens is 1. The molecule has 1 heterocycles. The van der Waals surface area contributed by atoms with Gasteiger partial charge >= 0.3 is 5.97 Å². The Balaban J connectivity index is 1.88. The normalized spacial score (nSPS) is 10.7. The maximum Gasteiger partial charge on any atom is 0.337 e. The number of esters is 1. The number of nitrogens with zero attached hydrogens (tertiary/aromatic N) is 2. The van der Waals surface area contributed by atoms with Gasteiger partial charge in [0.25, 0.3) is 5.91 Å². The van der Waals surface area contributed by atoms with Crippen LogP contribution < -0.4 is 5.32 Å². The molecule has 29 heavy (non-hydrogen) atoms. The van der Waals surface area contributed by atoms with Crippen LogP contribution in [0.15, 0.2) is 42.5 Å². The van der Waals surface area contributed by atoms with Crippen LogP contribution >= 0.6 is 11.6 Å². The fourth-order valence-electron chi connectivity index (χ4n) is 3.15. The number of rotatable bonds is 5. The van der Waals surface area contributed by atoms with Crippen molar-refractivity contribution in [3.8, 4) is 0 Å². The third kappa shape index (κ3) is 4.32. The van der Waals surface area contributed by atoms with Gasteiger partial charge in [-0.25, -0.2) is 4.79 Å². The Labute approximate surface area is 174 Å². The Morgan fingerprint density at radius 2 is 1.86 bits per heavy atom. The molecule has 0 bridgehead atoms. The van der Waals surface area contributed by atoms with Crippen LogP contribution in [0, 0.1) is 20.8 Å². The predicted molar refractivity (Wildman–Crippen MR) is 113 cm³/mol. The molecule has 6 nitrogen and oxygen atoms in total. The number of carbonyl (C=O) groups excluding carboxylic acids is 2. The Morgan fingerprint density at radius 3 is 2.55 bits per heavy atom. The van der Waals surface area contributed by atoms with Gasteiger partial charge in [0.2, 0.25) is 0 Å². The summed E-state index contributed by atoms with van der Waals surface area (Å²) in [5.41, 5.74) is 4.54. The summed E-state index contributed by atoms with van der Waals surface area (Å²) in [6.45, 7) is 5.97. The van der Waals surface area contributed by atoms with Crippen LogP contribution in [-0.2, 0) is 11.3 Å². The largest absolute Gasteiger partial charge is 0.465 e. The van der Waals surface area contributed by atoms with Gasteiger partial charge in [-0.05, 0) is 50.1 Å². The van der Waals surface area contributed by atoms with E-state index < -0.39 is 5.97 Å². The van der Waals surface area contributed by atoms with Crippen LogP contribution in [0.25, 0.3) is 0 Å². The molecule has 1 N–H and O–H groups in total. The third-order valence-corrected chi connectivity index (χ3v) is 5.16. The van der Waals surface area contributed by atoms with Gasteiger partial charge in [-0.15, -0.1) is 0 Å². The lowest BCUT2D eigenvalue weighted by atomic mass is 10.1. The summed E-state index contributed by atoms with van der Waals surface area (Å²) >= 11 is 6.25. The first-order valence-corrected chi connectivity index (χ1v) is 9.47. The number of carbonyl (C=O) groups is 2. The van der Waals surface area contributed by atoms with Crippen molar-refractivity contribution in [3.63, 3.8) is 0 Å². The zero-order valence-electron chi connectivity index (χ0n) is 16.7. The summed E-state index contributed by atoms with van der Waals surface area (Å²) in [4.78, 5) is 24.8. The van der Waals surface area contributed by atoms with Gasteiger partial charge in [0.1, 0.15) is 0 Å². The summed E-state index contributed by atoms with van der Waals surface area (Å²) in [6, 6.07) is 12.6. The van der Waals surface area contributed by atoms with Crippen molar-refractivity contribution in [1.82, 2.24) is 9.78 Å². The van der Waals surface area contributed by atoms with Gasteiger partial charge in [-0.3, -0.25) is 9.48 Å². The van der Waals surface area contributed by atoms with Gasteiger partial charge < -0.3 is 10.1 Å². The maximum atomic E-state index is 13.0. The number of benzene rings is 2. The first-order valence-electron chi connectivity index (χ1n) is 9.09. The standard InChI is InChI=1S/C22H22ClN3O3/c1-13-9-10-16(22(28)29-4)11-19(13)24-21(27)20-14(2)25-26(15(20)3)12-17-7-5-6-8-18(17)23/h5-11H,12H2,1-4H3,(H,24,27). The average Bonchev–Trinajstić information content (AvgIpc) is 2.97. The van der Waals surface area contributed by atoms with E-state index in [0.29, 0.717) is 34.1 Å². The van der Waals surface area contributed by atoms with Crippen LogP contribution in [0.4, 0.5) is 5.69 Å². The highest BCUT2D eigenvalue weighted by Crippen LogP contribution is 2.22. The molecule has 2 aromatic carbocycles. The molecule has 3 rings (SSSR count). The second-order valence-electron chi connectivity index (χ2n) is 6.77. The molecular formula is C22H22ClN3O3. The highest BCUT2D eigenvalue weighted by molar-refractivity contribution is 6.31. The minimum absolute atomic E-state index is 0.282. The highest BCUT2D eigenvalue weighted by Gasteiger charge is 2.20. The van der Waals surface area contributed by atoms with E-state index in [9.17, 15) is 9.59 Å². The zero-order chi connectivity index (χ0) is 21.1. The summed E-state index contributed by atoms with van der Waals surface area (Å²) in [6.07, 6.45) is 0. The number of ether oxygens (including phenoxy) is 1. The van der Waals surface area contributed by atoms with Crippen molar-refractivity contribution in [2.75, 3.05) is 12.4 Å². The highest BCUT2D eigenvalue weighted by atomic mass is 35.5. The number of hydrogen-bond acceptors (Lipinski definition) is 4. The average molecular weight is 412 g/mol. The zero-order valence-corrected chi connectivity index (χ0v) is 17.5. The van der Waals surface area contributed by atoms with Gasteiger partial charge in [-0.2, -0.15) is 5.10 Å². The number of aryl methyl sites for hydroxylation is 2. The van der Waals surface area contributed by atoms with Crippen LogP contribution in [0.2, 0.25) is 5.02 Å². The van der Waals surface area contributed by atoms with Crippen LogP contribution in [-0.4, -0.2) is 28.8 Å². The van der Waals surface area contributed by atoms with Gasteiger partial charge in [0.15, 0.2) is 0 Å². The maximum absolute atomic E-state index is 13.0. The number of anilines is 1. The molecule has 0 atom stereocenters. The van der Waals surface area contributed by atoms with E-state index in [1.165, 1.54) is 7.11 Å². The minimum Gasteiger partial charge on any atom is -0.465 e. The van der Waals surface area contributed by atoms with E-state index in [-0.39, 0.29) is 5.91 Å². The number of hydrogen-bond donors (Lipinski definition) is 1. The van der Waals surface area contributed by atoms with Gasteiger partial charge in [0, 0.05) is 16.4 Å². The van der Waals surface area contributed by atoms with E-state index in [0.717, 1.165) is 16.8 Å². The first-order chi connectivity index (χ1) is 13.8. The number of aromatic nitrogens is 2. The molecule has 1 amide bonds. The SMILES string of the molecule is COC(=O)c1ccc(C)c(NC(=O)c2c(C)nn(Cc3ccccc3Cl)c2C)c1. The van der Waals surface area contributed by atoms with Crippen molar-refractivity contribution in [2.24, 2.45) is 0 Å². The Bertz CT molecular complexity index is 1090. The van der Waals surface area contributed by atoms with Crippen molar-refractivity contribution in [1.29, 1.82) is 0 Å². The molecular weight excluding hydrogens is 390 g/mol. The summed E-state index contributed by atoms with van der Waals surface area (Å²) < 4.78 is 6.52. The molecule has 7 heteroatoms. The molecule has 3 aromatic rings. The molecule has 0 fully saturated rings. The predicted octanol–water partition coefficient (Wildman–Crippen LogP) is 4.55. The van der Waals surface area contributed by atoms with Crippen molar-refractivity contribution < 1.29 is 14.3 Å². The fraction of sp³-hybridized carbons (Fsp3) is 0.227. The lowest BCUT2D eigenvalue weighted by Crippen LogP contribution is -2.16. The van der Waals surface area contributed by atoms with Crippen molar-refractivity contribution >= 4 is 29.2 Å². The minimum atomic E-state index is -0.458. The number of methoxy groups -OCH3 is 1. The molecule has 0 aliphatic carbocycles. The van der Waals surface area contributed by atoms with Crippen LogP contribution in [0.5, 0.6) is 0 Å². The monoisotopic (exact) mass is 411 g/mol. The second kappa shape index (κ2) is 8.49. The van der Waals surface area contributed by atoms with Gasteiger partial charge in [-0.1, -0.05) is 35.9 Å². The summed E-state index contributed by atoms with van der Waals surface area (Å²) in [7, 11) is 1.32. The van der Waals surface area contributed by atoms with Crippen LogP contribution in [0.1, 0.15) is 43.2 Å². The molecule has 0 radical (unpaired) electrons. The summed E-state index contributed by atoms with van der Waals surface area (Å²) in [5.74, 6) is -0.740. The lowest BCUT2D eigenvalue weighted by Gasteiger charge is -2.11. The molecule has 150 valence electrons. The van der Waals surface area contributed by atoms with Gasteiger partial charge in [0.05, 0.1) is 30.5 Å². The molecule has 0 aliphatic heterocycles. The second-order valence-corrected chi connectivity index (χ2v) is 7.18. The molecule has 0 unspecified atom stereocenters. The van der Waals surface area contributed by atoms with E-state index >= 15 is 0 Å². The smallest absolute Gasteiger partial charge is 0.337 e. The lowest BCUT2D eigenvalue weighted by molar-refractivity contribution is 0.0600. The van der Waals surface area contributed by atoms with E-state index in [1.54, 1.807) is 29.8 Å². The molecule has 0 spiro atoms. The van der Waals surface area contributed by atoms with E-state index in [1.807, 2.05) is 38.1 Å². The number of nitrogens with one attached hydrogen (secondary N) is 1. The Hall–Kier alpha value is -3.12. The number of amides is 1. The fourth-order valence-corrected chi connectivity index (χ4v) is 3.35.